The van der Waals surface area contributed by atoms with Gasteiger partial charge in [-0.25, -0.2) is 0 Å². The van der Waals surface area contributed by atoms with Crippen molar-refractivity contribution in [2.45, 2.75) is 373 Å². The smallest absolute Gasteiger partial charge is 0.305 e. The molecule has 0 aliphatic heterocycles. The molecule has 0 bridgehead atoms. The fourth-order valence-electron chi connectivity index (χ4n) is 10.2. The Bertz CT molecular complexity index is 1120. The molecule has 0 fully saturated rings. The number of allylic oxidation sites excluding steroid dienone is 3. The monoisotopic (exact) mass is 1010 g/mol. The minimum atomic E-state index is -0.844. The Morgan fingerprint density at radius 2 is 0.653 bits per heavy atom. The van der Waals surface area contributed by atoms with Crippen molar-refractivity contribution >= 4 is 11.9 Å². The molecule has 6 heteroatoms. The molecule has 0 aliphatic rings. The van der Waals surface area contributed by atoms with E-state index in [1.807, 2.05) is 6.08 Å². The number of aliphatic hydroxyl groups excluding tert-OH is 2. The van der Waals surface area contributed by atoms with Gasteiger partial charge in [-0.3, -0.25) is 9.59 Å². The number of unbranched alkanes of at least 4 members (excludes halogenated alkanes) is 48. The lowest BCUT2D eigenvalue weighted by atomic mass is 10.0. The highest BCUT2D eigenvalue weighted by Gasteiger charge is 2.18. The van der Waals surface area contributed by atoms with E-state index in [9.17, 15) is 19.8 Å². The van der Waals surface area contributed by atoms with Crippen LogP contribution in [-0.2, 0) is 14.3 Å². The third-order valence-corrected chi connectivity index (χ3v) is 15.2. The summed E-state index contributed by atoms with van der Waals surface area (Å²) in [5.74, 6) is -0.0502. The Balaban J connectivity index is 3.39. The summed E-state index contributed by atoms with van der Waals surface area (Å²) in [6.07, 6.45) is 76.6. The summed E-state index contributed by atoms with van der Waals surface area (Å²) >= 11 is 0. The molecule has 426 valence electrons. The molecule has 0 saturated carbocycles. The van der Waals surface area contributed by atoms with Gasteiger partial charge in [-0.1, -0.05) is 314 Å². The molecular formula is C66H127NO5. The summed E-state index contributed by atoms with van der Waals surface area (Å²) in [7, 11) is 0. The summed E-state index contributed by atoms with van der Waals surface area (Å²) in [6.45, 7) is 4.93. The van der Waals surface area contributed by atoms with Crippen LogP contribution in [-0.4, -0.2) is 47.4 Å². The third-order valence-electron chi connectivity index (χ3n) is 15.2. The second-order valence-electron chi connectivity index (χ2n) is 22.5. The molecule has 1 amide bonds. The van der Waals surface area contributed by atoms with Gasteiger partial charge in [0.15, 0.2) is 0 Å². The van der Waals surface area contributed by atoms with Gasteiger partial charge in [0.05, 0.1) is 25.4 Å². The van der Waals surface area contributed by atoms with Crippen LogP contribution in [0.15, 0.2) is 24.3 Å². The topological polar surface area (TPSA) is 95.9 Å². The van der Waals surface area contributed by atoms with E-state index in [0.29, 0.717) is 19.4 Å². The van der Waals surface area contributed by atoms with Gasteiger partial charge in [-0.2, -0.15) is 0 Å². The van der Waals surface area contributed by atoms with Crippen molar-refractivity contribution in [1.29, 1.82) is 0 Å². The predicted molar refractivity (Wildman–Crippen MR) is 315 cm³/mol. The zero-order chi connectivity index (χ0) is 52.2. The van der Waals surface area contributed by atoms with E-state index in [0.717, 1.165) is 38.5 Å². The van der Waals surface area contributed by atoms with Gasteiger partial charge in [0.2, 0.25) is 5.91 Å². The van der Waals surface area contributed by atoms with Crippen molar-refractivity contribution in [3.63, 3.8) is 0 Å². The molecule has 0 aromatic heterocycles. The predicted octanol–water partition coefficient (Wildman–Crippen LogP) is 20.6. The summed E-state index contributed by atoms with van der Waals surface area (Å²) in [4.78, 5) is 24.5. The molecule has 72 heavy (non-hydrogen) atoms. The first-order chi connectivity index (χ1) is 35.5. The van der Waals surface area contributed by atoms with E-state index in [1.165, 1.54) is 295 Å². The van der Waals surface area contributed by atoms with E-state index >= 15 is 0 Å². The SMILES string of the molecule is CCCCCCCCCCCCCCC/C=C/C(O)C(CO)NC(=O)CCCCCCCCCCCCC/C=C\CCCCCCCCCCCCCCOC(=O)CCCCCCCCCCCCCCC. The Hall–Kier alpha value is -1.66. The number of aliphatic hydroxyl groups is 2. The molecule has 0 heterocycles. The van der Waals surface area contributed by atoms with Crippen LogP contribution < -0.4 is 5.32 Å². The Morgan fingerprint density at radius 3 is 0.986 bits per heavy atom. The van der Waals surface area contributed by atoms with Gasteiger partial charge in [-0.05, 0) is 57.8 Å². The number of nitrogens with one attached hydrogen (secondary N) is 1. The van der Waals surface area contributed by atoms with Crippen molar-refractivity contribution < 1.29 is 24.5 Å². The number of carbonyl (C=O) groups is 2. The quantitative estimate of drug-likeness (QED) is 0.0320. The van der Waals surface area contributed by atoms with Crippen LogP contribution in [0.1, 0.15) is 361 Å². The molecule has 3 N–H and O–H groups in total. The van der Waals surface area contributed by atoms with Crippen LogP contribution >= 0.6 is 0 Å². The summed E-state index contributed by atoms with van der Waals surface area (Å²) in [5, 5.41) is 23.1. The van der Waals surface area contributed by atoms with Gasteiger partial charge >= 0.3 is 5.97 Å². The largest absolute Gasteiger partial charge is 0.466 e. The molecule has 6 nitrogen and oxygen atoms in total. The average Bonchev–Trinajstić information content (AvgIpc) is 3.38. The standard InChI is InChI=1S/C66H127NO5/c1-3-5-7-9-11-13-15-17-31-35-38-42-46-50-54-58-64(69)63(62-68)67-65(70)59-55-51-47-43-39-36-32-29-27-25-23-21-19-18-20-22-24-26-28-30-33-37-41-45-49-53-57-61-72-66(71)60-56-52-48-44-40-34-16-14-12-10-8-6-4-2/h18-19,54,58,63-64,68-69H,3-17,20-53,55-57,59-62H2,1-2H3,(H,67,70)/b19-18-,58-54+. The maximum Gasteiger partial charge on any atom is 0.305 e. The van der Waals surface area contributed by atoms with Crippen molar-refractivity contribution in [3.05, 3.63) is 24.3 Å². The van der Waals surface area contributed by atoms with Crippen molar-refractivity contribution in [3.8, 4) is 0 Å². The van der Waals surface area contributed by atoms with Gasteiger partial charge in [0.1, 0.15) is 0 Å². The second kappa shape index (κ2) is 61.9. The van der Waals surface area contributed by atoms with Crippen LogP contribution in [0.25, 0.3) is 0 Å². The van der Waals surface area contributed by atoms with E-state index in [1.54, 1.807) is 6.08 Å². The Morgan fingerprint density at radius 1 is 0.375 bits per heavy atom. The van der Waals surface area contributed by atoms with Crippen molar-refractivity contribution in [1.82, 2.24) is 5.32 Å². The molecule has 2 atom stereocenters. The molecule has 0 aromatic carbocycles. The Kier molecular flexibility index (Phi) is 60.5. The first kappa shape index (κ1) is 70.3. The number of amides is 1. The molecule has 0 saturated heterocycles. The molecule has 0 radical (unpaired) electrons. The van der Waals surface area contributed by atoms with E-state index in [2.05, 4.69) is 31.3 Å². The lowest BCUT2D eigenvalue weighted by Crippen LogP contribution is -2.45. The number of hydrogen-bond acceptors (Lipinski definition) is 5. The first-order valence-corrected chi connectivity index (χ1v) is 32.6. The molecular weight excluding hydrogens is 887 g/mol. The second-order valence-corrected chi connectivity index (χ2v) is 22.5. The van der Waals surface area contributed by atoms with Crippen molar-refractivity contribution in [2.24, 2.45) is 0 Å². The van der Waals surface area contributed by atoms with Crippen LogP contribution in [0.5, 0.6) is 0 Å². The highest BCUT2D eigenvalue weighted by molar-refractivity contribution is 5.76. The maximum absolute atomic E-state index is 12.5. The van der Waals surface area contributed by atoms with Gasteiger partial charge in [0.25, 0.3) is 0 Å². The minimum absolute atomic E-state index is 0.0166. The summed E-state index contributed by atoms with van der Waals surface area (Å²) in [5.41, 5.74) is 0. The maximum atomic E-state index is 12.5. The van der Waals surface area contributed by atoms with E-state index < -0.39 is 12.1 Å². The van der Waals surface area contributed by atoms with Crippen LogP contribution in [0, 0.1) is 0 Å². The first-order valence-electron chi connectivity index (χ1n) is 32.6. The average molecular weight is 1010 g/mol. The molecule has 0 spiro atoms. The number of esters is 1. The third kappa shape index (κ3) is 57.6. The lowest BCUT2D eigenvalue weighted by molar-refractivity contribution is -0.143. The highest BCUT2D eigenvalue weighted by atomic mass is 16.5. The molecule has 0 aliphatic carbocycles. The fourth-order valence-corrected chi connectivity index (χ4v) is 10.2. The molecule has 0 rings (SSSR count). The van der Waals surface area contributed by atoms with Gasteiger partial charge < -0.3 is 20.3 Å². The summed E-state index contributed by atoms with van der Waals surface area (Å²) < 4.78 is 5.48. The number of rotatable bonds is 61. The number of carbonyl (C=O) groups excluding carboxylic acids is 2. The van der Waals surface area contributed by atoms with Gasteiger partial charge in [-0.15, -0.1) is 0 Å². The molecule has 0 aromatic rings. The molecule has 2 unspecified atom stereocenters. The summed E-state index contributed by atoms with van der Waals surface area (Å²) in [6, 6.07) is -0.628. The zero-order valence-electron chi connectivity index (χ0n) is 48.7. The van der Waals surface area contributed by atoms with Crippen LogP contribution in [0.3, 0.4) is 0 Å². The fraction of sp³-hybridized carbons (Fsp3) is 0.909. The normalized spacial score (nSPS) is 12.7. The number of ether oxygens (including phenoxy) is 1. The van der Waals surface area contributed by atoms with E-state index in [-0.39, 0.29) is 18.5 Å². The minimum Gasteiger partial charge on any atom is -0.466 e. The van der Waals surface area contributed by atoms with Crippen LogP contribution in [0.2, 0.25) is 0 Å². The number of hydrogen-bond donors (Lipinski definition) is 3. The highest BCUT2D eigenvalue weighted by Crippen LogP contribution is 2.18. The Labute approximate surface area is 450 Å². The lowest BCUT2D eigenvalue weighted by Gasteiger charge is -2.20. The zero-order valence-corrected chi connectivity index (χ0v) is 48.7. The van der Waals surface area contributed by atoms with Crippen molar-refractivity contribution in [2.75, 3.05) is 13.2 Å². The van der Waals surface area contributed by atoms with E-state index in [4.69, 9.17) is 4.74 Å². The van der Waals surface area contributed by atoms with Crippen LogP contribution in [0.4, 0.5) is 0 Å². The van der Waals surface area contributed by atoms with Gasteiger partial charge in [0, 0.05) is 12.8 Å².